The minimum Gasteiger partial charge on any atom is -0.493 e. The third kappa shape index (κ3) is 6.02. The molecule has 0 amide bonds. The summed E-state index contributed by atoms with van der Waals surface area (Å²) >= 11 is 5.41. The second-order valence-electron chi connectivity index (χ2n) is 7.01. The van der Waals surface area contributed by atoms with E-state index in [1.54, 1.807) is 7.11 Å². The van der Waals surface area contributed by atoms with E-state index in [0.717, 1.165) is 35.8 Å². The van der Waals surface area contributed by atoms with E-state index in [2.05, 4.69) is 10.6 Å². The van der Waals surface area contributed by atoms with Crippen LogP contribution in [0.1, 0.15) is 32.6 Å². The van der Waals surface area contributed by atoms with Crippen molar-refractivity contribution in [2.24, 2.45) is 0 Å². The Morgan fingerprint density at radius 3 is 2.43 bits per heavy atom. The molecule has 2 aromatic rings. The summed E-state index contributed by atoms with van der Waals surface area (Å²) in [6, 6.07) is 15.6. The van der Waals surface area contributed by atoms with Gasteiger partial charge in [-0.05, 0) is 81.2 Å². The van der Waals surface area contributed by atoms with Crippen LogP contribution in [0, 0.1) is 0 Å². The van der Waals surface area contributed by atoms with Crippen LogP contribution in [0.2, 0.25) is 0 Å². The number of thiocarbonyl (C=S) groups is 1. The minimum absolute atomic E-state index is 0.0369. The van der Waals surface area contributed by atoms with Crippen molar-refractivity contribution >= 4 is 23.0 Å². The van der Waals surface area contributed by atoms with Gasteiger partial charge < -0.3 is 24.8 Å². The summed E-state index contributed by atoms with van der Waals surface area (Å²) in [4.78, 5) is 0. The molecule has 0 unspecified atom stereocenters. The van der Waals surface area contributed by atoms with Crippen LogP contribution in [-0.2, 0) is 0 Å². The van der Waals surface area contributed by atoms with E-state index < -0.39 is 0 Å². The highest BCUT2D eigenvalue weighted by molar-refractivity contribution is 7.80. The molecule has 0 heterocycles. The molecule has 2 aromatic carbocycles. The molecule has 150 valence electrons. The maximum absolute atomic E-state index is 5.99. The molecule has 2 N–H and O–H groups in total. The molecule has 0 bridgehead atoms. The molecule has 0 saturated heterocycles. The molecule has 1 atom stereocenters. The first-order valence-electron chi connectivity index (χ1n) is 9.74. The highest BCUT2D eigenvalue weighted by Crippen LogP contribution is 2.26. The van der Waals surface area contributed by atoms with E-state index in [-0.39, 0.29) is 6.04 Å². The average molecular weight is 401 g/mol. The Kier molecular flexibility index (Phi) is 7.37. The fourth-order valence-electron chi connectivity index (χ4n) is 3.20. The first-order chi connectivity index (χ1) is 13.6. The number of rotatable bonds is 8. The van der Waals surface area contributed by atoms with Crippen LogP contribution < -0.4 is 24.8 Å². The summed E-state index contributed by atoms with van der Waals surface area (Å²) in [5, 5.41) is 6.99. The molecule has 0 aromatic heterocycles. The molecule has 28 heavy (non-hydrogen) atoms. The average Bonchev–Trinajstić information content (AvgIpc) is 3.21. The highest BCUT2D eigenvalue weighted by Gasteiger charge is 2.16. The number of hydrogen-bond acceptors (Lipinski definition) is 4. The van der Waals surface area contributed by atoms with E-state index in [9.17, 15) is 0 Å². The number of para-hydroxylation sites is 2. The van der Waals surface area contributed by atoms with Gasteiger partial charge in [0.25, 0.3) is 0 Å². The van der Waals surface area contributed by atoms with Gasteiger partial charge >= 0.3 is 0 Å². The van der Waals surface area contributed by atoms with Crippen molar-refractivity contribution in [2.75, 3.05) is 19.0 Å². The van der Waals surface area contributed by atoms with Crippen molar-refractivity contribution in [2.45, 2.75) is 44.8 Å². The Hall–Kier alpha value is -2.47. The van der Waals surface area contributed by atoms with E-state index >= 15 is 0 Å². The van der Waals surface area contributed by atoms with Gasteiger partial charge in [-0.15, -0.1) is 0 Å². The first kappa shape index (κ1) is 20.3. The zero-order valence-electron chi connectivity index (χ0n) is 16.4. The van der Waals surface area contributed by atoms with Crippen LogP contribution in [0.15, 0.2) is 48.5 Å². The van der Waals surface area contributed by atoms with E-state index in [1.807, 2.05) is 55.5 Å². The van der Waals surface area contributed by atoms with Crippen LogP contribution >= 0.6 is 12.2 Å². The summed E-state index contributed by atoms with van der Waals surface area (Å²) in [5.41, 5.74) is 0.925. The normalized spacial score (nSPS) is 14.9. The Morgan fingerprint density at radius 1 is 1.07 bits per heavy atom. The van der Waals surface area contributed by atoms with Crippen molar-refractivity contribution in [3.05, 3.63) is 48.5 Å². The summed E-state index contributed by atoms with van der Waals surface area (Å²) in [6.07, 6.45) is 5.21. The van der Waals surface area contributed by atoms with Crippen molar-refractivity contribution in [3.63, 3.8) is 0 Å². The van der Waals surface area contributed by atoms with Crippen molar-refractivity contribution in [1.29, 1.82) is 0 Å². The standard InChI is InChI=1S/C22H28N2O3S/c1-16(15-26-21-10-6-5-9-20(21)25-2)23-22(28)24-17-11-13-19(14-12-17)27-18-7-3-4-8-18/h5-6,9-14,16,18H,3-4,7-8,15H2,1-2H3,(H2,23,24,28)/t16-/m1/s1. The monoisotopic (exact) mass is 400 g/mol. The molecular formula is C22H28N2O3S. The fraction of sp³-hybridized carbons (Fsp3) is 0.409. The molecule has 0 radical (unpaired) electrons. The Balaban J connectivity index is 1.42. The molecule has 3 rings (SSSR count). The Morgan fingerprint density at radius 2 is 1.75 bits per heavy atom. The summed E-state index contributed by atoms with van der Waals surface area (Å²) in [5.74, 6) is 2.35. The van der Waals surface area contributed by atoms with Gasteiger partial charge in [0.2, 0.25) is 0 Å². The van der Waals surface area contributed by atoms with E-state index in [0.29, 0.717) is 17.8 Å². The zero-order valence-corrected chi connectivity index (χ0v) is 17.3. The topological polar surface area (TPSA) is 51.8 Å². The second kappa shape index (κ2) is 10.2. The largest absolute Gasteiger partial charge is 0.493 e. The lowest BCUT2D eigenvalue weighted by atomic mass is 10.2. The summed E-state index contributed by atoms with van der Waals surface area (Å²) in [7, 11) is 1.63. The molecule has 6 heteroatoms. The molecular weight excluding hydrogens is 372 g/mol. The van der Waals surface area contributed by atoms with Gasteiger partial charge in [0.1, 0.15) is 12.4 Å². The van der Waals surface area contributed by atoms with E-state index in [1.165, 1.54) is 12.8 Å². The zero-order chi connectivity index (χ0) is 19.8. The van der Waals surface area contributed by atoms with Crippen molar-refractivity contribution < 1.29 is 14.2 Å². The maximum Gasteiger partial charge on any atom is 0.171 e. The van der Waals surface area contributed by atoms with Crippen LogP contribution in [0.25, 0.3) is 0 Å². The molecule has 1 aliphatic carbocycles. The Bertz CT molecular complexity index is 761. The predicted octanol–water partition coefficient (Wildman–Crippen LogP) is 4.77. The number of anilines is 1. The maximum atomic E-state index is 5.99. The van der Waals surface area contributed by atoms with Crippen molar-refractivity contribution in [1.82, 2.24) is 5.32 Å². The highest BCUT2D eigenvalue weighted by atomic mass is 32.1. The third-order valence-electron chi connectivity index (χ3n) is 4.65. The van der Waals surface area contributed by atoms with Crippen molar-refractivity contribution in [3.8, 4) is 17.2 Å². The van der Waals surface area contributed by atoms with Gasteiger partial charge in [0.05, 0.1) is 19.3 Å². The molecule has 5 nitrogen and oxygen atoms in total. The third-order valence-corrected chi connectivity index (χ3v) is 4.87. The van der Waals surface area contributed by atoms with Crippen LogP contribution in [0.4, 0.5) is 5.69 Å². The van der Waals surface area contributed by atoms with Gasteiger partial charge in [-0.3, -0.25) is 0 Å². The lowest BCUT2D eigenvalue weighted by molar-refractivity contribution is 0.210. The predicted molar refractivity (Wildman–Crippen MR) is 117 cm³/mol. The SMILES string of the molecule is COc1ccccc1OC[C@@H](C)NC(=S)Nc1ccc(OC2CCCC2)cc1. The fourth-order valence-corrected chi connectivity index (χ4v) is 3.52. The van der Waals surface area contributed by atoms with Gasteiger partial charge in [0.15, 0.2) is 16.6 Å². The lowest BCUT2D eigenvalue weighted by Gasteiger charge is -2.19. The van der Waals surface area contributed by atoms with E-state index in [4.69, 9.17) is 26.4 Å². The smallest absolute Gasteiger partial charge is 0.171 e. The number of nitrogens with one attached hydrogen (secondary N) is 2. The van der Waals surface area contributed by atoms with Crippen LogP contribution in [0.5, 0.6) is 17.2 Å². The van der Waals surface area contributed by atoms with Gasteiger partial charge in [0, 0.05) is 5.69 Å². The van der Waals surface area contributed by atoms with Gasteiger partial charge in [-0.25, -0.2) is 0 Å². The lowest BCUT2D eigenvalue weighted by Crippen LogP contribution is -2.39. The molecule has 1 aliphatic rings. The molecule has 0 spiro atoms. The minimum atomic E-state index is 0.0369. The first-order valence-corrected chi connectivity index (χ1v) is 10.1. The van der Waals surface area contributed by atoms with Crippen LogP contribution in [-0.4, -0.2) is 31.0 Å². The quantitative estimate of drug-likeness (QED) is 0.623. The number of ether oxygens (including phenoxy) is 3. The van der Waals surface area contributed by atoms with Crippen LogP contribution in [0.3, 0.4) is 0 Å². The Labute approximate surface area is 172 Å². The molecule has 1 saturated carbocycles. The van der Waals surface area contributed by atoms with Gasteiger partial charge in [-0.2, -0.15) is 0 Å². The number of benzene rings is 2. The molecule has 1 fully saturated rings. The van der Waals surface area contributed by atoms with Gasteiger partial charge in [-0.1, -0.05) is 12.1 Å². The number of methoxy groups -OCH3 is 1. The second-order valence-corrected chi connectivity index (χ2v) is 7.42. The molecule has 0 aliphatic heterocycles. The summed E-state index contributed by atoms with van der Waals surface area (Å²) in [6.45, 7) is 2.48. The number of hydrogen-bond donors (Lipinski definition) is 2. The summed E-state index contributed by atoms with van der Waals surface area (Å²) < 4.78 is 17.1.